The molecule has 1 aliphatic heterocycles. The van der Waals surface area contributed by atoms with Crippen LogP contribution >= 0.6 is 0 Å². The van der Waals surface area contributed by atoms with E-state index in [0.717, 1.165) is 11.6 Å². The Kier molecular flexibility index (Phi) is 7.42. The number of methoxy groups -OCH3 is 1. The Balaban J connectivity index is 1.65. The highest BCUT2D eigenvalue weighted by Crippen LogP contribution is 2.30. The standard InChI is InChI=1S/C21H27N3O7S2/c1-16-4-5-17(2)21(14-16)32(27,28)13-12-22-8-10-23(11-9-22)33(29,30)18-6-7-20(31-3)19(15-18)24(25)26/h4-7,14-15H,8-13H2,1-3H3. The molecule has 2 aromatic rings. The number of sulfonamides is 1. The maximum Gasteiger partial charge on any atom is 0.312 e. The lowest BCUT2D eigenvalue weighted by Crippen LogP contribution is -2.49. The zero-order valence-electron chi connectivity index (χ0n) is 18.7. The van der Waals surface area contributed by atoms with Crippen molar-refractivity contribution in [2.75, 3.05) is 45.6 Å². The van der Waals surface area contributed by atoms with Crippen LogP contribution in [0.1, 0.15) is 11.1 Å². The monoisotopic (exact) mass is 497 g/mol. The zero-order valence-corrected chi connectivity index (χ0v) is 20.4. The molecule has 1 saturated heterocycles. The second-order valence-electron chi connectivity index (χ2n) is 7.92. The highest BCUT2D eigenvalue weighted by molar-refractivity contribution is 7.91. The third kappa shape index (κ3) is 5.52. The van der Waals surface area contributed by atoms with Crippen LogP contribution in [0.4, 0.5) is 5.69 Å². The van der Waals surface area contributed by atoms with Crippen molar-refractivity contribution in [2.45, 2.75) is 23.6 Å². The highest BCUT2D eigenvalue weighted by Gasteiger charge is 2.31. The van der Waals surface area contributed by atoms with Gasteiger partial charge in [0.15, 0.2) is 15.6 Å². The van der Waals surface area contributed by atoms with Gasteiger partial charge in [-0.15, -0.1) is 0 Å². The summed E-state index contributed by atoms with van der Waals surface area (Å²) in [4.78, 5) is 12.6. The average molecular weight is 498 g/mol. The number of aryl methyl sites for hydroxylation is 2. The van der Waals surface area contributed by atoms with Gasteiger partial charge in [0.2, 0.25) is 10.0 Å². The minimum Gasteiger partial charge on any atom is -0.490 e. The smallest absolute Gasteiger partial charge is 0.312 e. The van der Waals surface area contributed by atoms with Crippen molar-refractivity contribution in [1.82, 2.24) is 9.21 Å². The molecule has 1 aliphatic rings. The normalized spacial score (nSPS) is 16.0. The summed E-state index contributed by atoms with van der Waals surface area (Å²) in [7, 11) is -6.13. The number of hydrogen-bond acceptors (Lipinski definition) is 8. The predicted octanol–water partition coefficient (Wildman–Crippen LogP) is 2.00. The summed E-state index contributed by atoms with van der Waals surface area (Å²) >= 11 is 0. The maximum absolute atomic E-state index is 13.0. The van der Waals surface area contributed by atoms with Gasteiger partial charge in [-0.25, -0.2) is 16.8 Å². The van der Waals surface area contributed by atoms with Crippen LogP contribution in [-0.2, 0) is 19.9 Å². The molecular weight excluding hydrogens is 470 g/mol. The van der Waals surface area contributed by atoms with Gasteiger partial charge in [-0.2, -0.15) is 4.31 Å². The molecule has 12 heteroatoms. The fourth-order valence-electron chi connectivity index (χ4n) is 3.72. The Labute approximate surface area is 193 Å². The summed E-state index contributed by atoms with van der Waals surface area (Å²) in [6.07, 6.45) is 0. The molecule has 0 aromatic heterocycles. The van der Waals surface area contributed by atoms with Gasteiger partial charge in [0, 0.05) is 38.8 Å². The Morgan fingerprint density at radius 1 is 1.00 bits per heavy atom. The number of hydrogen-bond donors (Lipinski definition) is 0. The molecule has 3 rings (SSSR count). The Morgan fingerprint density at radius 2 is 1.67 bits per heavy atom. The summed E-state index contributed by atoms with van der Waals surface area (Å²) < 4.78 is 57.8. The summed E-state index contributed by atoms with van der Waals surface area (Å²) in [6.45, 7) is 4.93. The fourth-order valence-corrected chi connectivity index (χ4v) is 6.80. The summed E-state index contributed by atoms with van der Waals surface area (Å²) in [5.41, 5.74) is 1.15. The van der Waals surface area contributed by atoms with E-state index >= 15 is 0 Å². The third-order valence-corrected chi connectivity index (χ3v) is 9.40. The Hall–Kier alpha value is -2.54. The lowest BCUT2D eigenvalue weighted by atomic mass is 10.2. The van der Waals surface area contributed by atoms with Crippen LogP contribution < -0.4 is 4.74 Å². The first-order valence-corrected chi connectivity index (χ1v) is 13.4. The van der Waals surface area contributed by atoms with Gasteiger partial charge in [0.05, 0.1) is 27.6 Å². The molecule has 0 radical (unpaired) electrons. The third-order valence-electron chi connectivity index (χ3n) is 5.67. The average Bonchev–Trinajstić information content (AvgIpc) is 2.79. The van der Waals surface area contributed by atoms with Crippen molar-refractivity contribution >= 4 is 25.5 Å². The van der Waals surface area contributed by atoms with E-state index in [1.807, 2.05) is 17.9 Å². The van der Waals surface area contributed by atoms with Crippen LogP contribution in [0.3, 0.4) is 0 Å². The number of nitro benzene ring substituents is 1. The maximum atomic E-state index is 13.0. The van der Waals surface area contributed by atoms with E-state index in [2.05, 4.69) is 0 Å². The molecule has 0 bridgehead atoms. The zero-order chi connectivity index (χ0) is 24.4. The number of nitro groups is 1. The predicted molar refractivity (Wildman–Crippen MR) is 123 cm³/mol. The lowest BCUT2D eigenvalue weighted by molar-refractivity contribution is -0.386. The van der Waals surface area contributed by atoms with Crippen LogP contribution in [0.15, 0.2) is 46.2 Å². The van der Waals surface area contributed by atoms with E-state index in [1.165, 1.54) is 23.5 Å². The molecule has 2 aromatic carbocycles. The molecule has 0 atom stereocenters. The first-order chi connectivity index (χ1) is 15.5. The van der Waals surface area contributed by atoms with Crippen LogP contribution in [0, 0.1) is 24.0 Å². The summed E-state index contributed by atoms with van der Waals surface area (Å²) in [5.74, 6) is -0.0804. The number of nitrogens with zero attached hydrogens (tertiary/aromatic N) is 3. The van der Waals surface area contributed by atoms with Crippen molar-refractivity contribution in [1.29, 1.82) is 0 Å². The number of benzene rings is 2. The minimum absolute atomic E-state index is 0.0196. The SMILES string of the molecule is COc1ccc(S(=O)(=O)N2CCN(CCS(=O)(=O)c3cc(C)ccc3C)CC2)cc1[N+](=O)[O-]. The van der Waals surface area contributed by atoms with Crippen molar-refractivity contribution in [3.63, 3.8) is 0 Å². The summed E-state index contributed by atoms with van der Waals surface area (Å²) in [6, 6.07) is 8.87. The Morgan fingerprint density at radius 3 is 2.27 bits per heavy atom. The second kappa shape index (κ2) is 9.75. The van der Waals surface area contributed by atoms with E-state index in [1.54, 1.807) is 19.1 Å². The first kappa shape index (κ1) is 25.1. The van der Waals surface area contributed by atoms with Crippen molar-refractivity contribution in [2.24, 2.45) is 0 Å². The molecule has 180 valence electrons. The molecule has 1 heterocycles. The van der Waals surface area contributed by atoms with Crippen molar-refractivity contribution < 1.29 is 26.5 Å². The van der Waals surface area contributed by atoms with Crippen LogP contribution in [0.2, 0.25) is 0 Å². The molecular formula is C21H27N3O7S2. The van der Waals surface area contributed by atoms with E-state index in [4.69, 9.17) is 4.74 Å². The van der Waals surface area contributed by atoms with Gasteiger partial charge in [-0.1, -0.05) is 12.1 Å². The quantitative estimate of drug-likeness (QED) is 0.400. The molecule has 0 unspecified atom stereocenters. The molecule has 0 amide bonds. The van der Waals surface area contributed by atoms with Crippen LogP contribution in [0.25, 0.3) is 0 Å². The van der Waals surface area contributed by atoms with Crippen molar-refractivity contribution in [3.05, 3.63) is 57.6 Å². The first-order valence-electron chi connectivity index (χ1n) is 10.3. The van der Waals surface area contributed by atoms with Crippen molar-refractivity contribution in [3.8, 4) is 5.75 Å². The second-order valence-corrected chi connectivity index (χ2v) is 11.9. The highest BCUT2D eigenvalue weighted by atomic mass is 32.2. The Bertz CT molecular complexity index is 1250. The van der Waals surface area contributed by atoms with Crippen LogP contribution in [-0.4, -0.2) is 76.6 Å². The molecule has 0 spiro atoms. The lowest BCUT2D eigenvalue weighted by Gasteiger charge is -2.33. The number of sulfone groups is 1. The summed E-state index contributed by atoms with van der Waals surface area (Å²) in [5, 5.41) is 11.2. The van der Waals surface area contributed by atoms with E-state index in [9.17, 15) is 26.9 Å². The largest absolute Gasteiger partial charge is 0.490 e. The van der Waals surface area contributed by atoms with Gasteiger partial charge in [0.25, 0.3) is 0 Å². The van der Waals surface area contributed by atoms with Gasteiger partial charge in [-0.05, 0) is 43.2 Å². The fraction of sp³-hybridized carbons (Fsp3) is 0.429. The van der Waals surface area contributed by atoms with E-state index in [0.29, 0.717) is 23.5 Å². The number of ether oxygens (including phenoxy) is 1. The van der Waals surface area contributed by atoms with Crippen LogP contribution in [0.5, 0.6) is 5.75 Å². The molecule has 0 saturated carbocycles. The van der Waals surface area contributed by atoms with E-state index < -0.39 is 30.5 Å². The van der Waals surface area contributed by atoms with Gasteiger partial charge >= 0.3 is 5.69 Å². The molecule has 33 heavy (non-hydrogen) atoms. The number of rotatable bonds is 8. The molecule has 0 aliphatic carbocycles. The minimum atomic E-state index is -3.93. The molecule has 1 fully saturated rings. The van der Waals surface area contributed by atoms with Gasteiger partial charge < -0.3 is 4.74 Å². The molecule has 0 N–H and O–H groups in total. The van der Waals surface area contributed by atoms with Gasteiger partial charge in [0.1, 0.15) is 0 Å². The van der Waals surface area contributed by atoms with E-state index in [-0.39, 0.29) is 36.0 Å². The number of piperazine rings is 1. The molecule has 10 nitrogen and oxygen atoms in total. The topological polar surface area (TPSA) is 127 Å². The van der Waals surface area contributed by atoms with Gasteiger partial charge in [-0.3, -0.25) is 15.0 Å².